The lowest BCUT2D eigenvalue weighted by atomic mass is 9.93. The summed E-state index contributed by atoms with van der Waals surface area (Å²) in [7, 11) is 0. The Kier molecular flexibility index (Phi) is 7.02. The molecule has 1 aliphatic heterocycles. The van der Waals surface area contributed by atoms with E-state index in [0.29, 0.717) is 24.3 Å². The molecule has 1 aromatic heterocycles. The first-order valence-corrected chi connectivity index (χ1v) is 11.8. The minimum absolute atomic E-state index is 0.120. The zero-order valence-electron chi connectivity index (χ0n) is 20.2. The molecular weight excluding hydrogens is 406 g/mol. The van der Waals surface area contributed by atoms with E-state index in [4.69, 9.17) is 19.7 Å². The molecule has 0 aliphatic carbocycles. The summed E-state index contributed by atoms with van der Waals surface area (Å²) >= 11 is 0. The van der Waals surface area contributed by atoms with Gasteiger partial charge in [-0.15, -0.1) is 0 Å². The van der Waals surface area contributed by atoms with Crippen LogP contribution >= 0.6 is 0 Å². The van der Waals surface area contributed by atoms with Crippen LogP contribution in [0.3, 0.4) is 0 Å². The summed E-state index contributed by atoms with van der Waals surface area (Å²) in [6.07, 6.45) is 0.870. The van der Waals surface area contributed by atoms with Crippen LogP contribution in [0.1, 0.15) is 74.5 Å². The van der Waals surface area contributed by atoms with E-state index in [1.165, 1.54) is 16.7 Å². The van der Waals surface area contributed by atoms with Gasteiger partial charge in [0.2, 0.25) is 5.90 Å². The van der Waals surface area contributed by atoms with Gasteiger partial charge in [0, 0.05) is 0 Å². The van der Waals surface area contributed by atoms with Crippen LogP contribution in [0.25, 0.3) is 0 Å². The Morgan fingerprint density at radius 1 is 0.909 bits per heavy atom. The van der Waals surface area contributed by atoms with Gasteiger partial charge in [0.1, 0.15) is 12.3 Å². The van der Waals surface area contributed by atoms with Gasteiger partial charge in [-0.3, -0.25) is 4.99 Å². The number of ether oxygens (including phenoxy) is 1. The summed E-state index contributed by atoms with van der Waals surface area (Å²) < 4.78 is 5.93. The predicted molar refractivity (Wildman–Crippen MR) is 137 cm³/mol. The highest BCUT2D eigenvalue weighted by Gasteiger charge is 2.22. The molecule has 0 saturated heterocycles. The van der Waals surface area contributed by atoms with Crippen molar-refractivity contribution in [2.45, 2.75) is 58.9 Å². The van der Waals surface area contributed by atoms with Gasteiger partial charge in [0.15, 0.2) is 0 Å². The molecule has 4 heteroatoms. The van der Waals surface area contributed by atoms with Gasteiger partial charge in [0.25, 0.3) is 0 Å². The fourth-order valence-electron chi connectivity index (χ4n) is 4.17. The summed E-state index contributed by atoms with van der Waals surface area (Å²) in [5, 5.41) is 0. The Morgan fingerprint density at radius 3 is 2.24 bits per heavy atom. The molecule has 3 aromatic rings. The fraction of sp³-hybridized carbons (Fsp3) is 0.345. The highest BCUT2D eigenvalue weighted by Crippen LogP contribution is 2.35. The van der Waals surface area contributed by atoms with Crippen LogP contribution in [0.2, 0.25) is 0 Å². The number of nitrogens with zero attached hydrogens (tertiary/aromatic N) is 3. The summed E-state index contributed by atoms with van der Waals surface area (Å²) in [4.78, 5) is 14.7. The normalized spacial score (nSPS) is 16.3. The number of aromatic nitrogens is 1. The third-order valence-electron chi connectivity index (χ3n) is 5.99. The van der Waals surface area contributed by atoms with Crippen molar-refractivity contribution in [2.24, 2.45) is 9.98 Å². The number of rotatable bonds is 7. The third-order valence-corrected chi connectivity index (χ3v) is 5.99. The highest BCUT2D eigenvalue weighted by atomic mass is 16.5. The van der Waals surface area contributed by atoms with Crippen molar-refractivity contribution in [3.05, 3.63) is 94.8 Å². The van der Waals surface area contributed by atoms with E-state index in [1.54, 1.807) is 0 Å². The molecule has 2 aromatic carbocycles. The van der Waals surface area contributed by atoms with Crippen LogP contribution in [0.5, 0.6) is 0 Å². The van der Waals surface area contributed by atoms with Crippen LogP contribution in [0, 0.1) is 0 Å². The second-order valence-corrected chi connectivity index (χ2v) is 9.29. The number of benzene rings is 2. The summed E-state index contributed by atoms with van der Waals surface area (Å²) in [5.41, 5.74) is 7.38. The van der Waals surface area contributed by atoms with E-state index in [1.807, 2.05) is 31.2 Å². The zero-order valence-corrected chi connectivity index (χ0v) is 20.2. The lowest BCUT2D eigenvalue weighted by Gasteiger charge is -2.17. The smallest absolute Gasteiger partial charge is 0.235 e. The molecule has 1 atom stereocenters. The van der Waals surface area contributed by atoms with Crippen LogP contribution in [0.15, 0.2) is 76.7 Å². The first-order valence-electron chi connectivity index (χ1n) is 11.8. The van der Waals surface area contributed by atoms with Gasteiger partial charge in [-0.05, 0) is 54.0 Å². The molecule has 0 amide bonds. The molecule has 0 radical (unpaired) electrons. The summed E-state index contributed by atoms with van der Waals surface area (Å²) in [6, 6.07) is 23.0. The molecule has 33 heavy (non-hydrogen) atoms. The van der Waals surface area contributed by atoms with E-state index in [-0.39, 0.29) is 6.04 Å². The van der Waals surface area contributed by atoms with Gasteiger partial charge in [-0.2, -0.15) is 0 Å². The monoisotopic (exact) mass is 439 g/mol. The molecule has 170 valence electrons. The topological polar surface area (TPSA) is 46.8 Å². The Balaban J connectivity index is 1.61. The van der Waals surface area contributed by atoms with Gasteiger partial charge < -0.3 is 4.74 Å². The maximum atomic E-state index is 5.93. The second-order valence-electron chi connectivity index (χ2n) is 9.29. The minimum atomic E-state index is 0.120. The molecule has 0 saturated carbocycles. The van der Waals surface area contributed by atoms with Crippen molar-refractivity contribution < 1.29 is 4.74 Å². The Morgan fingerprint density at radius 2 is 1.58 bits per heavy atom. The number of aliphatic imine (C=N–C) groups is 2. The van der Waals surface area contributed by atoms with Crippen molar-refractivity contribution in [1.82, 2.24) is 4.98 Å². The van der Waals surface area contributed by atoms with E-state index in [2.05, 4.69) is 70.2 Å². The van der Waals surface area contributed by atoms with Gasteiger partial charge in [-0.1, -0.05) is 82.3 Å². The van der Waals surface area contributed by atoms with Crippen molar-refractivity contribution in [3.63, 3.8) is 0 Å². The van der Waals surface area contributed by atoms with E-state index >= 15 is 0 Å². The van der Waals surface area contributed by atoms with Crippen LogP contribution in [-0.4, -0.2) is 29.2 Å². The molecule has 1 aliphatic rings. The molecule has 0 unspecified atom stereocenters. The molecule has 0 bridgehead atoms. The zero-order chi connectivity index (χ0) is 23.4. The first-order chi connectivity index (χ1) is 15.9. The minimum Gasteiger partial charge on any atom is -0.474 e. The quantitative estimate of drug-likeness (QED) is 0.378. The number of pyridine rings is 1. The Bertz CT molecular complexity index is 1140. The average Bonchev–Trinajstić information content (AvgIpc) is 3.28. The van der Waals surface area contributed by atoms with Crippen molar-refractivity contribution in [2.75, 3.05) is 6.61 Å². The van der Waals surface area contributed by atoms with Gasteiger partial charge in [-0.25, -0.2) is 9.98 Å². The molecule has 4 rings (SSSR count). The van der Waals surface area contributed by atoms with E-state index in [0.717, 1.165) is 29.2 Å². The van der Waals surface area contributed by atoms with Crippen LogP contribution < -0.4 is 0 Å². The number of hydrogen-bond donors (Lipinski definition) is 0. The SMILES string of the molecule is C/C(=N\c1c(C(C)C)cccc1C(C)C)c1cccc(C2=N[C@@H](Cc3ccccc3)CO2)n1. The van der Waals surface area contributed by atoms with Crippen LogP contribution in [0.4, 0.5) is 5.69 Å². The van der Waals surface area contributed by atoms with E-state index < -0.39 is 0 Å². The lowest BCUT2D eigenvalue weighted by Crippen LogP contribution is -2.10. The average molecular weight is 440 g/mol. The van der Waals surface area contributed by atoms with E-state index in [9.17, 15) is 0 Å². The number of hydrogen-bond acceptors (Lipinski definition) is 4. The Hall–Kier alpha value is -3.27. The molecule has 0 N–H and O–H groups in total. The van der Waals surface area contributed by atoms with Gasteiger partial charge in [0.05, 0.1) is 23.1 Å². The maximum absolute atomic E-state index is 5.93. The summed E-state index contributed by atoms with van der Waals surface area (Å²) in [5.74, 6) is 1.42. The highest BCUT2D eigenvalue weighted by molar-refractivity contribution is 6.00. The third kappa shape index (κ3) is 5.39. The maximum Gasteiger partial charge on any atom is 0.235 e. The molecule has 0 fully saturated rings. The number of para-hydroxylation sites is 1. The second kappa shape index (κ2) is 10.1. The molecule has 4 nitrogen and oxygen atoms in total. The largest absolute Gasteiger partial charge is 0.474 e. The summed E-state index contributed by atoms with van der Waals surface area (Å²) in [6.45, 7) is 11.5. The molecule has 0 spiro atoms. The predicted octanol–water partition coefficient (Wildman–Crippen LogP) is 6.86. The molecular formula is C29H33N3O. The standard InChI is InChI=1S/C29H33N3O/c1-19(2)24-13-9-14-25(20(3)4)28(24)30-21(5)26-15-10-16-27(32-26)29-31-23(18-33-29)17-22-11-7-6-8-12-22/h6-16,19-20,23H,17-18H2,1-5H3/b30-21+/t23-/m0/s1. The van der Waals surface area contributed by atoms with Crippen LogP contribution in [-0.2, 0) is 11.2 Å². The van der Waals surface area contributed by atoms with Crippen molar-refractivity contribution in [3.8, 4) is 0 Å². The van der Waals surface area contributed by atoms with Gasteiger partial charge >= 0.3 is 0 Å². The van der Waals surface area contributed by atoms with Crippen molar-refractivity contribution in [1.29, 1.82) is 0 Å². The Labute approximate surface area is 197 Å². The van der Waals surface area contributed by atoms with Crippen molar-refractivity contribution >= 4 is 17.3 Å². The first kappa shape index (κ1) is 22.9. The molecule has 2 heterocycles. The fourth-order valence-corrected chi connectivity index (χ4v) is 4.17. The lowest BCUT2D eigenvalue weighted by molar-refractivity contribution is 0.316.